The average molecular weight is 496 g/mol. The van der Waals surface area contributed by atoms with Crippen LogP contribution < -0.4 is 0 Å². The van der Waals surface area contributed by atoms with Gasteiger partial charge in [-0.1, -0.05) is 0 Å². The van der Waals surface area contributed by atoms with E-state index in [0.717, 1.165) is 0 Å². The zero-order valence-corrected chi connectivity index (χ0v) is 14.2. The zero-order chi connectivity index (χ0) is 24.0. The number of hydrogen-bond acceptors (Lipinski definition) is 0. The van der Waals surface area contributed by atoms with Crippen LogP contribution in [0.3, 0.4) is 0 Å². The topological polar surface area (TPSA) is 0 Å². The van der Waals surface area contributed by atoms with E-state index in [2.05, 4.69) is 0 Å². The predicted octanol–water partition coefficient (Wildman–Crippen LogP) is 5.09. The second-order valence-electron chi connectivity index (χ2n) is 5.35. The Hall–Kier alpha value is -1.04. The molecule has 19 heteroatoms. The highest BCUT2D eigenvalue weighted by Gasteiger charge is 2.91. The van der Waals surface area contributed by atoms with Crippen LogP contribution in [0.4, 0.5) is 78.7 Å². The fourth-order valence-electron chi connectivity index (χ4n) is 1.61. The highest BCUT2D eigenvalue weighted by atomic mass is 28.3. The number of alkyl halides is 17. The molecule has 0 spiro atoms. The third kappa shape index (κ3) is 3.86. The van der Waals surface area contributed by atoms with Gasteiger partial charge >= 0.3 is 35.5 Å². The van der Waals surface area contributed by atoms with Gasteiger partial charge in [-0.25, -0.2) is 22.0 Å². The molecule has 29 heavy (non-hydrogen) atoms. The lowest BCUT2D eigenvalue weighted by molar-refractivity contribution is -0.432. The van der Waals surface area contributed by atoms with Gasteiger partial charge in [0.15, 0.2) is 12.0 Å². The van der Waals surface area contributed by atoms with Gasteiger partial charge in [0.05, 0.1) is 0 Å². The minimum absolute atomic E-state index is 4.55. The van der Waals surface area contributed by atoms with E-state index in [1.54, 1.807) is 0 Å². The van der Waals surface area contributed by atoms with Gasteiger partial charge in [-0.05, 0) is 0 Å². The van der Waals surface area contributed by atoms with Crippen LogP contribution in [0.25, 0.3) is 0 Å². The Morgan fingerprint density at radius 2 is 0.793 bits per heavy atom. The third-order valence-corrected chi connectivity index (χ3v) is 4.20. The molecule has 3 atom stereocenters. The standard InChI is InChI=1S/C10H6F18Si/c11-1(3(13)14)2(12)5(16,17)7(20,21)9(24,25)10(26,27)8(22,23)6(18,19)4(15)29-28/h1-4H,29H2. The highest BCUT2D eigenvalue weighted by Crippen LogP contribution is 2.61. The summed E-state index contributed by atoms with van der Waals surface area (Å²) in [5.74, 6) is -52.6. The molecule has 0 heterocycles. The van der Waals surface area contributed by atoms with E-state index in [1.165, 1.54) is 0 Å². The molecule has 0 N–H and O–H groups in total. The van der Waals surface area contributed by atoms with E-state index < -0.39 is 70.0 Å². The Morgan fingerprint density at radius 1 is 0.483 bits per heavy atom. The zero-order valence-electron chi connectivity index (χ0n) is 12.8. The second-order valence-corrected chi connectivity index (χ2v) is 6.37. The van der Waals surface area contributed by atoms with Crippen molar-refractivity contribution in [2.75, 3.05) is 0 Å². The molecule has 3 unspecified atom stereocenters. The van der Waals surface area contributed by atoms with Gasteiger partial charge in [-0.2, -0.15) is 52.7 Å². The van der Waals surface area contributed by atoms with Crippen molar-refractivity contribution in [1.82, 2.24) is 0 Å². The van der Waals surface area contributed by atoms with E-state index in [1.807, 2.05) is 0 Å². The smallest absolute Gasteiger partial charge is 0.319 e. The van der Waals surface area contributed by atoms with Crippen molar-refractivity contribution in [3.8, 4) is 0 Å². The first-order valence-corrected chi connectivity index (χ1v) is 7.88. The number of halogens is 18. The van der Waals surface area contributed by atoms with Crippen molar-refractivity contribution < 1.29 is 78.7 Å². The van der Waals surface area contributed by atoms with Crippen LogP contribution in [0.5, 0.6) is 0 Å². The first-order valence-electron chi connectivity index (χ1n) is 6.53. The summed E-state index contributed by atoms with van der Waals surface area (Å²) in [4.78, 5) is 0. The number of hydrogen-bond donors (Lipinski definition) is 0. The van der Waals surface area contributed by atoms with E-state index in [0.29, 0.717) is 0 Å². The number of rotatable bonds is 10. The molecule has 0 aliphatic heterocycles. The van der Waals surface area contributed by atoms with Crippen LogP contribution >= 0.6 is 0 Å². The van der Waals surface area contributed by atoms with Crippen LogP contribution in [0, 0.1) is 0 Å². The molecular formula is C10H6F18Si. The first-order chi connectivity index (χ1) is 12.5. The van der Waals surface area contributed by atoms with Gasteiger partial charge in [0, 0.05) is 0 Å². The van der Waals surface area contributed by atoms with Gasteiger partial charge < -0.3 is 4.11 Å². The molecule has 0 aliphatic carbocycles. The lowest BCUT2D eigenvalue weighted by Gasteiger charge is -2.42. The van der Waals surface area contributed by atoms with Gasteiger partial charge in [-0.15, -0.1) is 0 Å². The van der Waals surface area contributed by atoms with E-state index in [4.69, 9.17) is 0 Å². The summed E-state index contributed by atoms with van der Waals surface area (Å²) in [5, 5.41) is 0. The summed E-state index contributed by atoms with van der Waals surface area (Å²) in [5.41, 5.74) is 0. The molecule has 0 amide bonds. The fraction of sp³-hybridized carbons (Fsp3) is 1.00. The summed E-state index contributed by atoms with van der Waals surface area (Å²) in [6.45, 7) is 0. The van der Waals surface area contributed by atoms with Crippen molar-refractivity contribution >= 4 is 9.85 Å². The van der Waals surface area contributed by atoms with Crippen molar-refractivity contribution in [2.45, 2.75) is 60.1 Å². The van der Waals surface area contributed by atoms with E-state index in [9.17, 15) is 78.7 Å². The molecule has 0 aromatic carbocycles. The maximum atomic E-state index is 13.2. The predicted molar refractivity (Wildman–Crippen MR) is 60.0 cm³/mol. The molecule has 0 aromatic rings. The Balaban J connectivity index is 6.49. The molecule has 0 radical (unpaired) electrons. The summed E-state index contributed by atoms with van der Waals surface area (Å²) in [6.07, 6.45) is -15.7. The largest absolute Gasteiger partial charge is 0.384 e. The summed E-state index contributed by atoms with van der Waals surface area (Å²) in [7, 11) is -4.55. The Kier molecular flexibility index (Phi) is 7.61. The van der Waals surface area contributed by atoms with Crippen LogP contribution in [0.15, 0.2) is 0 Å². The van der Waals surface area contributed by atoms with Gasteiger partial charge in [0.25, 0.3) is 16.3 Å². The summed E-state index contributed by atoms with van der Waals surface area (Å²) in [6, 6.07) is 0. The van der Waals surface area contributed by atoms with Crippen molar-refractivity contribution in [3.63, 3.8) is 0 Å². The Bertz CT molecular complexity index is 557. The third-order valence-electron chi connectivity index (χ3n) is 3.42. The molecule has 0 aliphatic rings. The minimum Gasteiger partial charge on any atom is -0.319 e. The molecule has 0 saturated heterocycles. The monoisotopic (exact) mass is 496 g/mol. The molecular weight excluding hydrogens is 490 g/mol. The van der Waals surface area contributed by atoms with Crippen LogP contribution in [0.2, 0.25) is 0 Å². The molecule has 0 bridgehead atoms. The van der Waals surface area contributed by atoms with E-state index >= 15 is 0 Å². The van der Waals surface area contributed by atoms with Crippen LogP contribution in [-0.4, -0.2) is 70.0 Å². The van der Waals surface area contributed by atoms with Crippen molar-refractivity contribution in [2.24, 2.45) is 0 Å². The summed E-state index contributed by atoms with van der Waals surface area (Å²) >= 11 is 0. The van der Waals surface area contributed by atoms with Crippen molar-refractivity contribution in [3.05, 3.63) is 0 Å². The van der Waals surface area contributed by atoms with Gasteiger partial charge in [0.2, 0.25) is 6.17 Å². The van der Waals surface area contributed by atoms with Crippen LogP contribution in [-0.2, 0) is 0 Å². The fourth-order valence-corrected chi connectivity index (χ4v) is 2.06. The molecule has 0 fully saturated rings. The SMILES string of the molecule is F[SiH2]C(F)C(F)(F)C(F)(F)C(F)(F)C(F)(F)C(F)(F)C(F)(F)C(F)C(F)C(F)F. The van der Waals surface area contributed by atoms with E-state index in [-0.39, 0.29) is 0 Å². The normalized spacial score (nSPS) is 19.1. The Labute approximate surface area is 150 Å². The van der Waals surface area contributed by atoms with Gasteiger partial charge in [0.1, 0.15) is 0 Å². The lowest BCUT2D eigenvalue weighted by Crippen LogP contribution is -2.73. The molecule has 176 valence electrons. The molecule has 0 aromatic heterocycles. The van der Waals surface area contributed by atoms with Crippen molar-refractivity contribution in [1.29, 1.82) is 0 Å². The quantitative estimate of drug-likeness (QED) is 0.225. The minimum atomic E-state index is -8.42. The maximum Gasteiger partial charge on any atom is 0.384 e. The summed E-state index contributed by atoms with van der Waals surface area (Å²) < 4.78 is 231. The maximum absolute atomic E-state index is 13.2. The van der Waals surface area contributed by atoms with Gasteiger partial charge in [-0.3, -0.25) is 0 Å². The van der Waals surface area contributed by atoms with Crippen LogP contribution in [0.1, 0.15) is 0 Å². The lowest BCUT2D eigenvalue weighted by atomic mass is 9.89. The average Bonchev–Trinajstić information content (AvgIpc) is 2.58. The molecule has 0 saturated carbocycles. The molecule has 0 nitrogen and oxygen atoms in total. The Morgan fingerprint density at radius 3 is 1.07 bits per heavy atom. The molecule has 0 rings (SSSR count). The highest BCUT2D eigenvalue weighted by molar-refractivity contribution is 6.28. The second kappa shape index (κ2) is 7.90. The first kappa shape index (κ1) is 28.0.